The summed E-state index contributed by atoms with van der Waals surface area (Å²) in [5.41, 5.74) is 0.553. The number of hydrogen-bond acceptors (Lipinski definition) is 3. The Balaban J connectivity index is 2.17. The van der Waals surface area contributed by atoms with Crippen LogP contribution in [-0.2, 0) is 9.59 Å². The number of hydrogen-bond donors (Lipinski definition) is 1. The summed E-state index contributed by atoms with van der Waals surface area (Å²) in [7, 11) is 0. The van der Waals surface area contributed by atoms with Crippen molar-refractivity contribution in [3.63, 3.8) is 0 Å². The molecule has 0 aromatic heterocycles. The van der Waals surface area contributed by atoms with Gasteiger partial charge in [0.15, 0.2) is 0 Å². The topological polar surface area (TPSA) is 49.4 Å². The van der Waals surface area contributed by atoms with Gasteiger partial charge >= 0.3 is 0 Å². The predicted molar refractivity (Wildman–Crippen MR) is 46.9 cm³/mol. The SMILES string of the molecule is CC1=CC(=O)N(C2CCNC2)C1=O. The second kappa shape index (κ2) is 2.96. The van der Waals surface area contributed by atoms with E-state index in [9.17, 15) is 9.59 Å². The molecule has 70 valence electrons. The van der Waals surface area contributed by atoms with E-state index in [1.54, 1.807) is 6.92 Å². The van der Waals surface area contributed by atoms with Crippen LogP contribution in [-0.4, -0.2) is 35.8 Å². The molecule has 2 aliphatic heterocycles. The summed E-state index contributed by atoms with van der Waals surface area (Å²) >= 11 is 0. The van der Waals surface area contributed by atoms with E-state index in [0.717, 1.165) is 19.5 Å². The van der Waals surface area contributed by atoms with Crippen molar-refractivity contribution in [2.24, 2.45) is 0 Å². The highest BCUT2D eigenvalue weighted by atomic mass is 16.2. The molecule has 0 aliphatic carbocycles. The minimum Gasteiger partial charge on any atom is -0.315 e. The van der Waals surface area contributed by atoms with Crippen LogP contribution in [0.25, 0.3) is 0 Å². The Morgan fingerprint density at radius 2 is 2.31 bits per heavy atom. The quantitative estimate of drug-likeness (QED) is 0.562. The smallest absolute Gasteiger partial charge is 0.256 e. The molecule has 1 unspecified atom stereocenters. The van der Waals surface area contributed by atoms with Gasteiger partial charge in [-0.05, 0) is 19.9 Å². The summed E-state index contributed by atoms with van der Waals surface area (Å²) in [4.78, 5) is 24.3. The Morgan fingerprint density at radius 3 is 2.77 bits per heavy atom. The van der Waals surface area contributed by atoms with E-state index in [1.165, 1.54) is 11.0 Å². The lowest BCUT2D eigenvalue weighted by atomic mass is 10.2. The monoisotopic (exact) mass is 180 g/mol. The first-order valence-electron chi connectivity index (χ1n) is 4.46. The first-order chi connectivity index (χ1) is 6.20. The van der Waals surface area contributed by atoms with E-state index >= 15 is 0 Å². The van der Waals surface area contributed by atoms with Crippen molar-refractivity contribution in [3.8, 4) is 0 Å². The highest BCUT2D eigenvalue weighted by Crippen LogP contribution is 2.18. The maximum atomic E-state index is 11.5. The zero-order chi connectivity index (χ0) is 9.42. The predicted octanol–water partition coefficient (Wildman–Crippen LogP) is -0.337. The molecule has 2 amide bonds. The van der Waals surface area contributed by atoms with Crippen molar-refractivity contribution in [2.75, 3.05) is 13.1 Å². The van der Waals surface area contributed by atoms with Crippen LogP contribution in [0.2, 0.25) is 0 Å². The molecule has 1 fully saturated rings. The van der Waals surface area contributed by atoms with E-state index in [2.05, 4.69) is 5.32 Å². The first-order valence-corrected chi connectivity index (χ1v) is 4.46. The maximum Gasteiger partial charge on any atom is 0.256 e. The van der Waals surface area contributed by atoms with Gasteiger partial charge < -0.3 is 5.32 Å². The van der Waals surface area contributed by atoms with Crippen LogP contribution in [0.1, 0.15) is 13.3 Å². The molecule has 13 heavy (non-hydrogen) atoms. The average Bonchev–Trinajstić information content (AvgIpc) is 2.63. The molecule has 1 saturated heterocycles. The van der Waals surface area contributed by atoms with Crippen LogP contribution in [0.15, 0.2) is 11.6 Å². The summed E-state index contributed by atoms with van der Waals surface area (Å²) < 4.78 is 0. The fraction of sp³-hybridized carbons (Fsp3) is 0.556. The van der Waals surface area contributed by atoms with Gasteiger partial charge in [0, 0.05) is 18.2 Å². The number of amides is 2. The standard InChI is InChI=1S/C9H12N2O2/c1-6-4-8(12)11(9(6)13)7-2-3-10-5-7/h4,7,10H,2-3,5H2,1H3. The summed E-state index contributed by atoms with van der Waals surface area (Å²) in [5.74, 6) is -0.282. The molecular weight excluding hydrogens is 168 g/mol. The number of imide groups is 1. The van der Waals surface area contributed by atoms with Gasteiger partial charge in [0.2, 0.25) is 0 Å². The Kier molecular flexibility index (Phi) is 1.92. The average molecular weight is 180 g/mol. The van der Waals surface area contributed by atoms with Gasteiger partial charge in [-0.15, -0.1) is 0 Å². The molecular formula is C9H12N2O2. The number of rotatable bonds is 1. The largest absolute Gasteiger partial charge is 0.315 e. The van der Waals surface area contributed by atoms with Gasteiger partial charge in [0.05, 0.1) is 6.04 Å². The Hall–Kier alpha value is -1.16. The third-order valence-corrected chi connectivity index (χ3v) is 2.53. The van der Waals surface area contributed by atoms with Crippen molar-refractivity contribution in [1.29, 1.82) is 0 Å². The van der Waals surface area contributed by atoms with Crippen LogP contribution in [0.5, 0.6) is 0 Å². The van der Waals surface area contributed by atoms with Crippen LogP contribution in [0, 0.1) is 0 Å². The molecule has 0 spiro atoms. The van der Waals surface area contributed by atoms with Crippen LogP contribution < -0.4 is 5.32 Å². The lowest BCUT2D eigenvalue weighted by Crippen LogP contribution is -2.41. The summed E-state index contributed by atoms with van der Waals surface area (Å²) in [6, 6.07) is 0.0636. The molecule has 0 radical (unpaired) electrons. The van der Waals surface area contributed by atoms with E-state index in [0.29, 0.717) is 5.57 Å². The molecule has 2 rings (SSSR count). The number of carbonyl (C=O) groups is 2. The maximum absolute atomic E-state index is 11.5. The van der Waals surface area contributed by atoms with E-state index in [4.69, 9.17) is 0 Å². The van der Waals surface area contributed by atoms with Crippen LogP contribution in [0.3, 0.4) is 0 Å². The third-order valence-electron chi connectivity index (χ3n) is 2.53. The lowest BCUT2D eigenvalue weighted by molar-refractivity contribution is -0.139. The van der Waals surface area contributed by atoms with Gasteiger partial charge in [0.25, 0.3) is 11.8 Å². The highest BCUT2D eigenvalue weighted by Gasteiger charge is 2.35. The van der Waals surface area contributed by atoms with Gasteiger partial charge in [-0.3, -0.25) is 14.5 Å². The van der Waals surface area contributed by atoms with Crippen molar-refractivity contribution < 1.29 is 9.59 Å². The number of nitrogens with one attached hydrogen (secondary N) is 1. The fourth-order valence-corrected chi connectivity index (χ4v) is 1.81. The third kappa shape index (κ3) is 1.27. The van der Waals surface area contributed by atoms with Crippen molar-refractivity contribution in [2.45, 2.75) is 19.4 Å². The molecule has 2 heterocycles. The van der Waals surface area contributed by atoms with Crippen molar-refractivity contribution in [3.05, 3.63) is 11.6 Å². The molecule has 4 heteroatoms. The normalized spacial score (nSPS) is 28.5. The molecule has 0 aromatic rings. The van der Waals surface area contributed by atoms with Gasteiger partial charge in [-0.25, -0.2) is 0 Å². The zero-order valence-electron chi connectivity index (χ0n) is 7.54. The van der Waals surface area contributed by atoms with Gasteiger partial charge in [-0.2, -0.15) is 0 Å². The van der Waals surface area contributed by atoms with E-state index in [-0.39, 0.29) is 17.9 Å². The summed E-state index contributed by atoms with van der Waals surface area (Å²) in [6.45, 7) is 3.31. The molecule has 0 saturated carbocycles. The van der Waals surface area contributed by atoms with Crippen LogP contribution >= 0.6 is 0 Å². The summed E-state index contributed by atoms with van der Waals surface area (Å²) in [6.07, 6.45) is 2.29. The molecule has 0 aromatic carbocycles. The summed E-state index contributed by atoms with van der Waals surface area (Å²) in [5, 5.41) is 3.14. The molecule has 1 N–H and O–H groups in total. The van der Waals surface area contributed by atoms with Gasteiger partial charge in [-0.1, -0.05) is 0 Å². The van der Waals surface area contributed by atoms with Gasteiger partial charge in [0.1, 0.15) is 0 Å². The molecule has 1 atom stereocenters. The minimum absolute atomic E-state index is 0.0636. The first kappa shape index (κ1) is 8.44. The Morgan fingerprint density at radius 1 is 1.54 bits per heavy atom. The van der Waals surface area contributed by atoms with Crippen molar-refractivity contribution in [1.82, 2.24) is 10.2 Å². The van der Waals surface area contributed by atoms with E-state index < -0.39 is 0 Å². The van der Waals surface area contributed by atoms with Crippen molar-refractivity contribution >= 4 is 11.8 Å². The fourth-order valence-electron chi connectivity index (χ4n) is 1.81. The molecule has 2 aliphatic rings. The van der Waals surface area contributed by atoms with Crippen LogP contribution in [0.4, 0.5) is 0 Å². The second-order valence-electron chi connectivity index (χ2n) is 3.49. The Bertz CT molecular complexity index is 290. The number of nitrogens with zero attached hydrogens (tertiary/aromatic N) is 1. The number of carbonyl (C=O) groups excluding carboxylic acids is 2. The minimum atomic E-state index is -0.156. The second-order valence-corrected chi connectivity index (χ2v) is 3.49. The lowest BCUT2D eigenvalue weighted by Gasteiger charge is -2.20. The molecule has 4 nitrogen and oxygen atoms in total. The Labute approximate surface area is 76.6 Å². The highest BCUT2D eigenvalue weighted by molar-refractivity contribution is 6.16. The zero-order valence-corrected chi connectivity index (χ0v) is 7.54. The van der Waals surface area contributed by atoms with E-state index in [1.807, 2.05) is 0 Å². The molecule has 0 bridgehead atoms.